The minimum atomic E-state index is -0.838. The number of unbranched alkanes of at least 4 members (excludes halogenated alkanes) is 2. The lowest BCUT2D eigenvalue weighted by Gasteiger charge is -2.21. The molecular weight excluding hydrogens is 716 g/mol. The van der Waals surface area contributed by atoms with Crippen LogP contribution in [0.4, 0.5) is 26.8 Å². The second-order valence-electron chi connectivity index (χ2n) is 12.6. The molecule has 0 saturated heterocycles. The van der Waals surface area contributed by atoms with Gasteiger partial charge in [0.05, 0.1) is 37.2 Å². The molecule has 0 aliphatic carbocycles. The molecule has 2 heterocycles. The minimum absolute atomic E-state index is 0.00162. The van der Waals surface area contributed by atoms with Crippen molar-refractivity contribution in [3.63, 3.8) is 0 Å². The Labute approximate surface area is 324 Å². The Kier molecular flexibility index (Phi) is 14.5. The van der Waals surface area contributed by atoms with Crippen molar-refractivity contribution >= 4 is 58.1 Å². The molecule has 292 valence electrons. The number of benzene rings is 3. The topological polar surface area (TPSA) is 192 Å². The minimum Gasteiger partial charge on any atom is -0.466 e. The van der Waals surface area contributed by atoms with E-state index in [1.807, 2.05) is 29.8 Å². The van der Waals surface area contributed by atoms with Crippen molar-refractivity contribution in [2.75, 3.05) is 35.3 Å². The number of aryl methyl sites for hydroxylation is 1. The van der Waals surface area contributed by atoms with E-state index < -0.39 is 18.2 Å². The first-order valence-electron chi connectivity index (χ1n) is 18.4. The van der Waals surface area contributed by atoms with E-state index in [-0.39, 0.29) is 37.9 Å². The second-order valence-corrected chi connectivity index (χ2v) is 12.6. The van der Waals surface area contributed by atoms with Gasteiger partial charge in [-0.15, -0.1) is 0 Å². The van der Waals surface area contributed by atoms with Crippen LogP contribution in [0.3, 0.4) is 0 Å². The van der Waals surface area contributed by atoms with Crippen LogP contribution in [-0.2, 0) is 39.2 Å². The van der Waals surface area contributed by atoms with Crippen LogP contribution in [0.25, 0.3) is 11.0 Å². The van der Waals surface area contributed by atoms with E-state index in [9.17, 15) is 19.2 Å². The van der Waals surface area contributed by atoms with Crippen LogP contribution in [0.5, 0.6) is 0 Å². The number of amidine groups is 1. The number of esters is 1. The van der Waals surface area contributed by atoms with Crippen molar-refractivity contribution in [3.05, 3.63) is 114 Å². The number of fused-ring (bicyclic) bond motifs is 1. The number of nitrogens with one attached hydrogen (secondary N) is 2. The number of aliphatic imine (C=N–C) groups is 1. The summed E-state index contributed by atoms with van der Waals surface area (Å²) in [6.45, 7) is 4.91. The summed E-state index contributed by atoms with van der Waals surface area (Å²) in [7, 11) is 1.90. The van der Waals surface area contributed by atoms with Crippen LogP contribution >= 0.6 is 0 Å². The zero-order valence-electron chi connectivity index (χ0n) is 31.7. The quantitative estimate of drug-likeness (QED) is 0.0292. The average Bonchev–Trinajstić information content (AvgIpc) is 3.53. The average molecular weight is 763 g/mol. The largest absolute Gasteiger partial charge is 0.466 e. The summed E-state index contributed by atoms with van der Waals surface area (Å²) >= 11 is 0. The lowest BCUT2D eigenvalue weighted by Crippen LogP contribution is -2.34. The fourth-order valence-corrected chi connectivity index (χ4v) is 5.60. The number of nitrogens with zero attached hydrogens (tertiary/aromatic N) is 5. The summed E-state index contributed by atoms with van der Waals surface area (Å²) < 4.78 is 17.4. The molecule has 4 N–H and O–H groups in total. The molecule has 56 heavy (non-hydrogen) atoms. The smallest absolute Gasteiger partial charge is 0.435 e. The predicted molar refractivity (Wildman–Crippen MR) is 213 cm³/mol. The van der Waals surface area contributed by atoms with Crippen LogP contribution in [0.15, 0.2) is 96.1 Å². The first-order valence-corrected chi connectivity index (χ1v) is 18.4. The number of imidazole rings is 1. The molecule has 0 fully saturated rings. The number of rotatable bonds is 17. The molecule has 0 bridgehead atoms. The number of hydrogen-bond acceptors (Lipinski definition) is 10. The maximum absolute atomic E-state index is 13.7. The number of ether oxygens (including phenoxy) is 3. The van der Waals surface area contributed by atoms with Crippen LogP contribution < -0.4 is 21.3 Å². The van der Waals surface area contributed by atoms with Crippen molar-refractivity contribution in [2.24, 2.45) is 17.8 Å². The van der Waals surface area contributed by atoms with Crippen LogP contribution in [-0.4, -0.2) is 64.2 Å². The Morgan fingerprint density at radius 3 is 2.34 bits per heavy atom. The molecule has 3 amide bonds. The molecule has 0 atom stereocenters. The summed E-state index contributed by atoms with van der Waals surface area (Å²) in [6.07, 6.45) is 3.13. The Balaban J connectivity index is 1.14. The highest BCUT2D eigenvalue weighted by Crippen LogP contribution is 2.22. The van der Waals surface area contributed by atoms with E-state index >= 15 is 0 Å². The molecular formula is C41H46N8O7. The van der Waals surface area contributed by atoms with Gasteiger partial charge >= 0.3 is 18.2 Å². The molecule has 0 aliphatic heterocycles. The number of anilines is 3. The van der Waals surface area contributed by atoms with Gasteiger partial charge in [-0.1, -0.05) is 38.0 Å². The Bertz CT molecular complexity index is 2140. The second kappa shape index (κ2) is 20.1. The fraction of sp³-hybridized carbons (Fsp3) is 0.293. The number of carbonyl (C=O) groups is 4. The first-order chi connectivity index (χ1) is 27.1. The van der Waals surface area contributed by atoms with Gasteiger partial charge in [-0.3, -0.25) is 19.8 Å². The number of hydrogen-bond donors (Lipinski definition) is 3. The van der Waals surface area contributed by atoms with Gasteiger partial charge in [0.25, 0.3) is 5.91 Å². The highest BCUT2D eigenvalue weighted by molar-refractivity contribution is 6.07. The highest BCUT2D eigenvalue weighted by atomic mass is 16.6. The zero-order chi connectivity index (χ0) is 39.9. The maximum Gasteiger partial charge on any atom is 0.435 e. The van der Waals surface area contributed by atoms with Gasteiger partial charge in [-0.2, -0.15) is 4.99 Å². The predicted octanol–water partition coefficient (Wildman–Crippen LogP) is 6.96. The lowest BCUT2D eigenvalue weighted by atomic mass is 10.1. The summed E-state index contributed by atoms with van der Waals surface area (Å²) in [6, 6.07) is 24.5. The maximum atomic E-state index is 13.7. The Morgan fingerprint density at radius 1 is 0.875 bits per heavy atom. The highest BCUT2D eigenvalue weighted by Gasteiger charge is 2.21. The molecule has 5 aromatic rings. The van der Waals surface area contributed by atoms with Crippen molar-refractivity contribution in [1.82, 2.24) is 14.5 Å². The van der Waals surface area contributed by atoms with E-state index in [1.54, 1.807) is 79.9 Å². The van der Waals surface area contributed by atoms with Crippen LogP contribution in [0.2, 0.25) is 0 Å². The van der Waals surface area contributed by atoms with Gasteiger partial charge < -0.3 is 29.8 Å². The third-order valence-corrected chi connectivity index (χ3v) is 8.62. The monoisotopic (exact) mass is 762 g/mol. The van der Waals surface area contributed by atoms with Crippen molar-refractivity contribution < 1.29 is 33.4 Å². The molecule has 3 aromatic carbocycles. The number of carbonyl (C=O) groups excluding carboxylic acids is 4. The Morgan fingerprint density at radius 2 is 1.62 bits per heavy atom. The van der Waals surface area contributed by atoms with Gasteiger partial charge in [0.1, 0.15) is 24.1 Å². The molecule has 5 rings (SSSR count). The molecule has 0 radical (unpaired) electrons. The summed E-state index contributed by atoms with van der Waals surface area (Å²) in [5, 5.41) is 6.00. The van der Waals surface area contributed by atoms with E-state index in [0.717, 1.165) is 36.3 Å². The summed E-state index contributed by atoms with van der Waals surface area (Å²) in [5.41, 5.74) is 10.6. The molecule has 2 aromatic heterocycles. The van der Waals surface area contributed by atoms with Gasteiger partial charge in [-0.05, 0) is 85.6 Å². The van der Waals surface area contributed by atoms with E-state index in [0.29, 0.717) is 46.9 Å². The molecule has 0 aliphatic rings. The number of pyridine rings is 1. The zero-order valence-corrected chi connectivity index (χ0v) is 31.7. The number of aromatic nitrogens is 3. The molecule has 15 nitrogen and oxygen atoms in total. The standard InChI is InChI=1S/C41H46N8O7/c1-4-6-9-24-55-40(52)45-32-16-11-28(12-17-32)27-56-41(53)47-38(42)29-13-18-31(19-14-29)44-26-36-46-33-25-30(15-20-34(33)48(36)3)39(51)49(23-21-37(50)54-5-2)35-10-7-8-22-43-35/h7-8,10-20,22,25,44H,4-6,9,21,23-24,26-27H2,1-3H3,(H,45,52)(H2,42,47,53). The van der Waals surface area contributed by atoms with E-state index in [2.05, 4.69) is 27.5 Å². The van der Waals surface area contributed by atoms with Gasteiger partial charge in [0, 0.05) is 42.3 Å². The fourth-order valence-electron chi connectivity index (χ4n) is 5.60. The van der Waals surface area contributed by atoms with E-state index in [4.69, 9.17) is 24.9 Å². The summed E-state index contributed by atoms with van der Waals surface area (Å²) in [5.74, 6) is 0.454. The molecule has 0 spiro atoms. The third kappa shape index (κ3) is 11.4. The van der Waals surface area contributed by atoms with Crippen molar-refractivity contribution in [3.8, 4) is 0 Å². The summed E-state index contributed by atoms with van der Waals surface area (Å²) in [4.78, 5) is 64.5. The third-order valence-electron chi connectivity index (χ3n) is 8.62. The molecule has 0 saturated carbocycles. The lowest BCUT2D eigenvalue weighted by molar-refractivity contribution is -0.142. The number of nitrogens with two attached hydrogens (primary N) is 1. The van der Waals surface area contributed by atoms with Crippen LogP contribution in [0.1, 0.15) is 66.8 Å². The SMILES string of the molecule is CCCCCOC(=O)Nc1ccc(COC(=O)/N=C(\N)c2ccc(NCc3nc4cc(C(=O)N(CCC(=O)OCC)c5ccccn5)ccc4n3C)cc2)cc1. The van der Waals surface area contributed by atoms with Gasteiger partial charge in [0.15, 0.2) is 0 Å². The van der Waals surface area contributed by atoms with E-state index in [1.165, 1.54) is 4.90 Å². The first kappa shape index (κ1) is 40.4. The van der Waals surface area contributed by atoms with Crippen LogP contribution in [0, 0.1) is 0 Å². The van der Waals surface area contributed by atoms with Crippen molar-refractivity contribution in [2.45, 2.75) is 52.7 Å². The molecule has 15 heteroatoms. The normalized spacial score (nSPS) is 11.2. The Hall–Kier alpha value is -6.77. The van der Waals surface area contributed by atoms with Gasteiger partial charge in [-0.25, -0.2) is 19.6 Å². The van der Waals surface area contributed by atoms with Gasteiger partial charge in [0.2, 0.25) is 0 Å². The van der Waals surface area contributed by atoms with Crippen molar-refractivity contribution in [1.29, 1.82) is 0 Å². The molecule has 0 unspecified atom stereocenters. The number of amides is 3.